The van der Waals surface area contributed by atoms with Crippen LogP contribution >= 0.6 is 0 Å². The van der Waals surface area contributed by atoms with Crippen LogP contribution in [-0.4, -0.2) is 38.4 Å². The molecule has 4 heteroatoms. The van der Waals surface area contributed by atoms with Crippen LogP contribution in [0.15, 0.2) is 24.3 Å². The van der Waals surface area contributed by atoms with Crippen molar-refractivity contribution in [2.75, 3.05) is 0 Å². The molecule has 0 unspecified atom stereocenters. The van der Waals surface area contributed by atoms with Gasteiger partial charge in [0.1, 0.15) is 0 Å². The van der Waals surface area contributed by atoms with Gasteiger partial charge in [0.2, 0.25) is 0 Å². The molecule has 0 bridgehead atoms. The Morgan fingerprint density at radius 2 is 2.27 bits per heavy atom. The fraction of sp³-hybridized carbons (Fsp3) is 0. The number of rotatable bonds is 2. The molecule has 2 nitrogen and oxygen atoms in total. The van der Waals surface area contributed by atoms with Gasteiger partial charge in [-0.3, -0.25) is 0 Å². The molecule has 1 radical (unpaired) electrons. The fourth-order valence-corrected chi connectivity index (χ4v) is 2.46. The first kappa shape index (κ1) is 8.82. The van der Waals surface area contributed by atoms with Crippen molar-refractivity contribution >= 4 is 37.7 Å². The molecular formula is C7H5O2Se2. The number of hydrogen-bond donors (Lipinski definition) is 1. The van der Waals surface area contributed by atoms with Gasteiger partial charge in [-0.1, -0.05) is 0 Å². The number of carboxylic acids is 1. The van der Waals surface area contributed by atoms with E-state index in [1.807, 2.05) is 6.07 Å². The van der Waals surface area contributed by atoms with E-state index < -0.39 is 5.97 Å². The topological polar surface area (TPSA) is 37.3 Å². The summed E-state index contributed by atoms with van der Waals surface area (Å²) >= 11 is 3.15. The summed E-state index contributed by atoms with van der Waals surface area (Å²) in [6.45, 7) is 0. The van der Waals surface area contributed by atoms with Crippen LogP contribution in [0.4, 0.5) is 0 Å². The zero-order valence-electron chi connectivity index (χ0n) is 5.48. The molecule has 1 aromatic carbocycles. The Bertz CT molecular complexity index is 273. The van der Waals surface area contributed by atoms with E-state index in [4.69, 9.17) is 5.11 Å². The van der Waals surface area contributed by atoms with Gasteiger partial charge in [-0.25, -0.2) is 0 Å². The maximum atomic E-state index is 10.5. The predicted octanol–water partition coefficient (Wildman–Crippen LogP) is -0.202. The molecule has 1 rings (SSSR count). The van der Waals surface area contributed by atoms with Crippen LogP contribution < -0.4 is 4.46 Å². The van der Waals surface area contributed by atoms with Crippen LogP contribution in [0.2, 0.25) is 0 Å². The minimum absolute atomic E-state index is 0.255. The molecule has 0 fully saturated rings. The summed E-state index contributed by atoms with van der Waals surface area (Å²) in [6.07, 6.45) is 0. The normalized spacial score (nSPS) is 9.55. The van der Waals surface area contributed by atoms with Crippen molar-refractivity contribution in [3.63, 3.8) is 0 Å². The summed E-state index contributed by atoms with van der Waals surface area (Å²) < 4.78 is 1.07. The Kier molecular flexibility index (Phi) is 3.15. The van der Waals surface area contributed by atoms with E-state index in [0.717, 1.165) is 4.46 Å². The summed E-state index contributed by atoms with van der Waals surface area (Å²) in [7, 11) is 0. The number of benzene rings is 1. The third-order valence-electron chi connectivity index (χ3n) is 1.18. The molecule has 0 aliphatic rings. The van der Waals surface area contributed by atoms with E-state index in [9.17, 15) is 4.79 Å². The van der Waals surface area contributed by atoms with Crippen LogP contribution in [0.25, 0.3) is 0 Å². The molecule has 0 atom stereocenters. The van der Waals surface area contributed by atoms with E-state index in [1.165, 1.54) is 0 Å². The first-order chi connectivity index (χ1) is 5.24. The van der Waals surface area contributed by atoms with Gasteiger partial charge < -0.3 is 0 Å². The van der Waals surface area contributed by atoms with E-state index in [2.05, 4.69) is 14.2 Å². The second-order valence-corrected chi connectivity index (χ2v) is 5.07. The Balaban J connectivity index is 3.01. The zero-order valence-corrected chi connectivity index (χ0v) is 8.91. The number of carboxylic acid groups (broad SMARTS) is 1. The van der Waals surface area contributed by atoms with Crippen molar-refractivity contribution in [1.82, 2.24) is 0 Å². The predicted molar refractivity (Wildman–Crippen MR) is 44.5 cm³/mol. The zero-order chi connectivity index (χ0) is 8.27. The molecule has 0 amide bonds. The summed E-state index contributed by atoms with van der Waals surface area (Å²) in [6, 6.07) is 6.97. The van der Waals surface area contributed by atoms with Crippen molar-refractivity contribution in [2.24, 2.45) is 0 Å². The van der Waals surface area contributed by atoms with Crippen LogP contribution in [-0.2, 0) is 0 Å². The Hall–Kier alpha value is -0.271. The number of hydrogen-bond acceptors (Lipinski definition) is 1. The average molecular weight is 279 g/mol. The third-order valence-corrected chi connectivity index (χ3v) is 4.21. The summed E-state index contributed by atoms with van der Waals surface area (Å²) in [5, 5.41) is 8.60. The van der Waals surface area contributed by atoms with E-state index in [1.54, 1.807) is 18.2 Å². The Morgan fingerprint density at radius 3 is 2.82 bits per heavy atom. The summed E-state index contributed by atoms with van der Waals surface area (Å²) in [5.74, 6) is -0.865. The molecule has 0 spiro atoms. The fourth-order valence-electron chi connectivity index (χ4n) is 0.681. The molecule has 57 valence electrons. The number of aromatic carboxylic acids is 1. The van der Waals surface area contributed by atoms with Crippen LogP contribution in [0.3, 0.4) is 0 Å². The number of carbonyl (C=O) groups is 1. The van der Waals surface area contributed by atoms with Gasteiger partial charge in [-0.2, -0.15) is 0 Å². The van der Waals surface area contributed by atoms with Crippen molar-refractivity contribution in [3.8, 4) is 0 Å². The molecule has 1 N–H and O–H groups in total. The van der Waals surface area contributed by atoms with Crippen molar-refractivity contribution in [1.29, 1.82) is 0 Å². The molecule has 0 saturated carbocycles. The molecule has 0 heterocycles. The van der Waals surface area contributed by atoms with E-state index in [-0.39, 0.29) is 13.1 Å². The second-order valence-electron chi connectivity index (χ2n) is 1.92. The maximum absolute atomic E-state index is 10.5. The van der Waals surface area contributed by atoms with Gasteiger partial charge >= 0.3 is 77.5 Å². The van der Waals surface area contributed by atoms with Gasteiger partial charge in [-0.05, 0) is 0 Å². The second kappa shape index (κ2) is 3.93. The van der Waals surface area contributed by atoms with Gasteiger partial charge in [0, 0.05) is 0 Å². The van der Waals surface area contributed by atoms with Crippen LogP contribution in [0.5, 0.6) is 0 Å². The minimum atomic E-state index is -0.865. The van der Waals surface area contributed by atoms with Crippen molar-refractivity contribution in [3.05, 3.63) is 29.8 Å². The van der Waals surface area contributed by atoms with Gasteiger partial charge in [0.25, 0.3) is 0 Å². The first-order valence-electron chi connectivity index (χ1n) is 2.87. The van der Waals surface area contributed by atoms with Crippen molar-refractivity contribution in [2.45, 2.75) is 0 Å². The van der Waals surface area contributed by atoms with Crippen LogP contribution in [0, 0.1) is 0 Å². The van der Waals surface area contributed by atoms with Gasteiger partial charge in [0.05, 0.1) is 0 Å². The third kappa shape index (κ3) is 2.35. The Labute approximate surface area is 77.5 Å². The van der Waals surface area contributed by atoms with Gasteiger partial charge in [-0.15, -0.1) is 0 Å². The monoisotopic (exact) mass is 281 g/mol. The molecule has 0 aliphatic carbocycles. The SMILES string of the molecule is O=C(O)c1cccc([Se][Se])c1. The molecule has 0 aromatic heterocycles. The quantitative estimate of drug-likeness (QED) is 0.761. The molecule has 11 heavy (non-hydrogen) atoms. The summed E-state index contributed by atoms with van der Waals surface area (Å²) in [5.41, 5.74) is 0.361. The molecule has 0 saturated heterocycles. The molecule has 1 aromatic rings. The van der Waals surface area contributed by atoms with Crippen molar-refractivity contribution < 1.29 is 9.90 Å². The van der Waals surface area contributed by atoms with E-state index >= 15 is 0 Å². The van der Waals surface area contributed by atoms with Crippen LogP contribution in [0.1, 0.15) is 10.4 Å². The van der Waals surface area contributed by atoms with Gasteiger partial charge in [0.15, 0.2) is 0 Å². The Morgan fingerprint density at radius 1 is 1.55 bits per heavy atom. The van der Waals surface area contributed by atoms with E-state index in [0.29, 0.717) is 5.56 Å². The standard InChI is InChI=1S/C7H5O2Se2/c8-7(9)5-2-1-3-6(4-5)11-10/h1-4H,(H,8,9). The molecule has 0 aliphatic heterocycles. The molecular weight excluding hydrogens is 274 g/mol. The average Bonchev–Trinajstić information content (AvgIpc) is 2.05. The summed E-state index contributed by atoms with van der Waals surface area (Å²) in [4.78, 5) is 10.5. The first-order valence-corrected chi connectivity index (χ1v) is 8.06.